The molecule has 0 aromatic heterocycles. The molecule has 3 rings (SSSR count). The SMILES string of the molecule is C=CCCCOC(=O)[C@@H]1[C@H]2C(=O)N(CCO)C(C(=O)N(CC=C)C(C)CCC)C23CC[C@H]1O3. The van der Waals surface area contributed by atoms with E-state index in [9.17, 15) is 19.5 Å². The van der Waals surface area contributed by atoms with Crippen molar-refractivity contribution in [3.8, 4) is 0 Å². The minimum atomic E-state index is -1.07. The molecule has 0 aromatic rings. The molecule has 3 fully saturated rings. The molecule has 6 atom stereocenters. The van der Waals surface area contributed by atoms with Crippen LogP contribution in [0.25, 0.3) is 0 Å². The maximum Gasteiger partial charge on any atom is 0.312 e. The number of allylic oxidation sites excluding steroid dienone is 1. The second-order valence-corrected chi connectivity index (χ2v) is 9.33. The fraction of sp³-hybridized carbons (Fsp3) is 0.720. The van der Waals surface area contributed by atoms with E-state index in [2.05, 4.69) is 20.1 Å². The van der Waals surface area contributed by atoms with Gasteiger partial charge in [-0.2, -0.15) is 0 Å². The molecular formula is C25H38N2O6. The van der Waals surface area contributed by atoms with Crippen LogP contribution in [0, 0.1) is 11.8 Å². The third kappa shape index (κ3) is 4.47. The summed E-state index contributed by atoms with van der Waals surface area (Å²) in [5.41, 5.74) is -1.07. The molecule has 184 valence electrons. The highest BCUT2D eigenvalue weighted by atomic mass is 16.6. The van der Waals surface area contributed by atoms with Gasteiger partial charge < -0.3 is 24.4 Å². The summed E-state index contributed by atoms with van der Waals surface area (Å²) in [6.45, 7) is 11.9. The number of unbranched alkanes of at least 4 members (excludes halogenated alkanes) is 1. The lowest BCUT2D eigenvalue weighted by Gasteiger charge is -2.38. The first-order chi connectivity index (χ1) is 15.9. The maximum absolute atomic E-state index is 13.9. The predicted molar refractivity (Wildman–Crippen MR) is 123 cm³/mol. The number of carbonyl (C=O) groups is 3. The largest absolute Gasteiger partial charge is 0.465 e. The number of nitrogens with zero attached hydrogens (tertiary/aromatic N) is 2. The van der Waals surface area contributed by atoms with Crippen molar-refractivity contribution in [3.05, 3.63) is 25.3 Å². The normalized spacial score (nSPS) is 30.8. The molecule has 33 heavy (non-hydrogen) atoms. The van der Waals surface area contributed by atoms with Crippen molar-refractivity contribution in [2.24, 2.45) is 11.8 Å². The van der Waals surface area contributed by atoms with Gasteiger partial charge >= 0.3 is 5.97 Å². The Kier molecular flexibility index (Phi) is 8.34. The van der Waals surface area contributed by atoms with E-state index in [0.717, 1.165) is 19.3 Å². The molecule has 3 heterocycles. The van der Waals surface area contributed by atoms with Gasteiger partial charge in [0, 0.05) is 19.1 Å². The quantitative estimate of drug-likeness (QED) is 0.256. The van der Waals surface area contributed by atoms with Crippen LogP contribution in [0.5, 0.6) is 0 Å². The lowest BCUT2D eigenvalue weighted by atomic mass is 9.70. The zero-order valence-corrected chi connectivity index (χ0v) is 19.9. The molecule has 0 radical (unpaired) electrons. The third-order valence-corrected chi connectivity index (χ3v) is 7.29. The van der Waals surface area contributed by atoms with Crippen LogP contribution in [0.4, 0.5) is 0 Å². The first-order valence-electron chi connectivity index (χ1n) is 12.2. The van der Waals surface area contributed by atoms with E-state index < -0.39 is 35.6 Å². The molecule has 1 spiro atoms. The Balaban J connectivity index is 1.91. The van der Waals surface area contributed by atoms with E-state index >= 15 is 0 Å². The number of β-amino-alcohol motifs (C(OH)–C–C–N with tert-alkyl or cyclic N) is 1. The average molecular weight is 463 g/mol. The molecule has 3 aliphatic heterocycles. The monoisotopic (exact) mass is 462 g/mol. The van der Waals surface area contributed by atoms with Crippen LogP contribution in [-0.4, -0.2) is 82.8 Å². The van der Waals surface area contributed by atoms with Crippen LogP contribution in [0.3, 0.4) is 0 Å². The van der Waals surface area contributed by atoms with Crippen molar-refractivity contribution < 1.29 is 29.0 Å². The van der Waals surface area contributed by atoms with Gasteiger partial charge in [0.15, 0.2) is 0 Å². The standard InChI is InChI=1S/C25H38N2O6/c1-5-8-9-16-32-24(31)19-18-11-12-25(33-18)20(19)22(29)27(14-15-28)21(25)23(30)26(13-7-3)17(4)10-6-2/h5,7,17-21,28H,1,3,6,8-16H2,2,4H3/t17?,18-,19+,20+,21?,25?/m1/s1. The van der Waals surface area contributed by atoms with Crippen molar-refractivity contribution in [1.82, 2.24) is 9.80 Å². The number of amides is 2. The van der Waals surface area contributed by atoms with Gasteiger partial charge in [0.25, 0.3) is 0 Å². The summed E-state index contributed by atoms with van der Waals surface area (Å²) in [5, 5.41) is 9.68. The lowest BCUT2D eigenvalue weighted by molar-refractivity contribution is -0.155. The molecule has 3 unspecified atom stereocenters. The number of aliphatic hydroxyl groups excluding tert-OH is 1. The molecule has 2 amide bonds. The Hall–Kier alpha value is -2.19. The number of esters is 1. The molecule has 1 N–H and O–H groups in total. The summed E-state index contributed by atoms with van der Waals surface area (Å²) < 4.78 is 11.8. The number of aliphatic hydroxyl groups is 1. The van der Waals surface area contributed by atoms with E-state index in [1.807, 2.05) is 6.92 Å². The van der Waals surface area contributed by atoms with Gasteiger partial charge in [-0.1, -0.05) is 25.5 Å². The fourth-order valence-corrected chi connectivity index (χ4v) is 5.90. The highest BCUT2D eigenvalue weighted by Gasteiger charge is 2.75. The van der Waals surface area contributed by atoms with E-state index in [4.69, 9.17) is 9.47 Å². The summed E-state index contributed by atoms with van der Waals surface area (Å²) in [4.78, 5) is 43.7. The molecule has 0 aliphatic carbocycles. The smallest absolute Gasteiger partial charge is 0.312 e. The molecule has 0 saturated carbocycles. The van der Waals surface area contributed by atoms with Crippen LogP contribution in [0.2, 0.25) is 0 Å². The molecular weight excluding hydrogens is 424 g/mol. The Morgan fingerprint density at radius 2 is 2.15 bits per heavy atom. The fourth-order valence-electron chi connectivity index (χ4n) is 5.90. The molecule has 8 nitrogen and oxygen atoms in total. The van der Waals surface area contributed by atoms with Crippen LogP contribution >= 0.6 is 0 Å². The van der Waals surface area contributed by atoms with Crippen LogP contribution in [0.1, 0.15) is 52.4 Å². The van der Waals surface area contributed by atoms with Gasteiger partial charge in [-0.3, -0.25) is 14.4 Å². The third-order valence-electron chi connectivity index (χ3n) is 7.29. The average Bonchev–Trinajstić information content (AvgIpc) is 3.43. The van der Waals surface area contributed by atoms with Gasteiger partial charge in [0.1, 0.15) is 11.6 Å². The number of carbonyl (C=O) groups excluding carboxylic acids is 3. The van der Waals surface area contributed by atoms with Gasteiger partial charge in [0.2, 0.25) is 11.8 Å². The number of ether oxygens (including phenoxy) is 2. The maximum atomic E-state index is 13.9. The highest BCUT2D eigenvalue weighted by Crippen LogP contribution is 2.58. The number of hydrogen-bond acceptors (Lipinski definition) is 6. The van der Waals surface area contributed by atoms with Crippen LogP contribution < -0.4 is 0 Å². The van der Waals surface area contributed by atoms with Crippen molar-refractivity contribution in [2.75, 3.05) is 26.3 Å². The summed E-state index contributed by atoms with van der Waals surface area (Å²) in [7, 11) is 0. The van der Waals surface area contributed by atoms with Crippen molar-refractivity contribution in [2.45, 2.75) is 76.2 Å². The van der Waals surface area contributed by atoms with Gasteiger partial charge in [-0.05, 0) is 39.0 Å². The zero-order chi connectivity index (χ0) is 24.2. The minimum absolute atomic E-state index is 0.0205. The van der Waals surface area contributed by atoms with Crippen LogP contribution in [-0.2, 0) is 23.9 Å². The lowest BCUT2D eigenvalue weighted by Crippen LogP contribution is -2.58. The van der Waals surface area contributed by atoms with Gasteiger partial charge in [-0.25, -0.2) is 0 Å². The predicted octanol–water partition coefficient (Wildman–Crippen LogP) is 2.07. The Bertz CT molecular complexity index is 770. The first kappa shape index (κ1) is 25.4. The second-order valence-electron chi connectivity index (χ2n) is 9.33. The summed E-state index contributed by atoms with van der Waals surface area (Å²) in [5.74, 6) is -2.45. The van der Waals surface area contributed by atoms with E-state index in [1.165, 1.54) is 4.90 Å². The van der Waals surface area contributed by atoms with E-state index in [-0.39, 0.29) is 37.6 Å². The number of hydrogen-bond donors (Lipinski definition) is 1. The topological polar surface area (TPSA) is 96.4 Å². The summed E-state index contributed by atoms with van der Waals surface area (Å²) in [6, 6.07) is -0.906. The summed E-state index contributed by atoms with van der Waals surface area (Å²) in [6.07, 6.45) is 7.28. The highest BCUT2D eigenvalue weighted by molar-refractivity contribution is 5.98. The Morgan fingerprint density at radius 3 is 2.79 bits per heavy atom. The Morgan fingerprint density at radius 1 is 1.39 bits per heavy atom. The second kappa shape index (κ2) is 10.8. The van der Waals surface area contributed by atoms with E-state index in [0.29, 0.717) is 25.8 Å². The van der Waals surface area contributed by atoms with Crippen molar-refractivity contribution in [3.63, 3.8) is 0 Å². The molecule has 8 heteroatoms. The number of fused-ring (bicyclic) bond motifs is 1. The molecule has 3 aliphatic rings. The molecule has 2 bridgehead atoms. The van der Waals surface area contributed by atoms with Gasteiger partial charge in [-0.15, -0.1) is 13.2 Å². The zero-order valence-electron chi connectivity index (χ0n) is 19.9. The first-order valence-corrected chi connectivity index (χ1v) is 12.2. The Labute approximate surface area is 196 Å². The summed E-state index contributed by atoms with van der Waals surface area (Å²) >= 11 is 0. The number of likely N-dealkylation sites (tertiary alicyclic amines) is 1. The van der Waals surface area contributed by atoms with Crippen molar-refractivity contribution in [1.29, 1.82) is 0 Å². The molecule has 3 saturated heterocycles. The van der Waals surface area contributed by atoms with E-state index in [1.54, 1.807) is 17.1 Å². The van der Waals surface area contributed by atoms with Crippen LogP contribution in [0.15, 0.2) is 25.3 Å². The molecule has 0 aromatic carbocycles. The van der Waals surface area contributed by atoms with Crippen molar-refractivity contribution >= 4 is 17.8 Å². The van der Waals surface area contributed by atoms with Gasteiger partial charge in [0.05, 0.1) is 31.2 Å². The minimum Gasteiger partial charge on any atom is -0.465 e. The number of rotatable bonds is 13.